The Balaban J connectivity index is 1.54. The molecule has 2 atom stereocenters. The smallest absolute Gasteiger partial charge is 0.320 e. The van der Waals surface area contributed by atoms with Crippen molar-refractivity contribution in [2.24, 2.45) is 0 Å². The van der Waals surface area contributed by atoms with Crippen molar-refractivity contribution in [1.29, 1.82) is 0 Å². The van der Waals surface area contributed by atoms with Crippen molar-refractivity contribution < 1.29 is 18.0 Å². The van der Waals surface area contributed by atoms with Crippen LogP contribution in [0.25, 0.3) is 22.0 Å². The Morgan fingerprint density at radius 3 is 2.57 bits per heavy atom. The van der Waals surface area contributed by atoms with Gasteiger partial charge in [-0.15, -0.1) is 0 Å². The minimum Gasteiger partial charge on any atom is -0.459 e. The van der Waals surface area contributed by atoms with Crippen LogP contribution in [-0.4, -0.2) is 27.5 Å². The van der Waals surface area contributed by atoms with Crippen LogP contribution in [0.2, 0.25) is 0 Å². The molecule has 2 aromatic heterocycles. The highest BCUT2D eigenvalue weighted by Gasteiger charge is 2.26. The number of imidazole rings is 1. The molecule has 0 bridgehead atoms. The zero-order valence-electron chi connectivity index (χ0n) is 16.8. The molecule has 0 saturated heterocycles. The Morgan fingerprint density at radius 2 is 1.83 bits per heavy atom. The lowest BCUT2D eigenvalue weighted by Crippen LogP contribution is -2.40. The second-order valence-electron chi connectivity index (χ2n) is 7.25. The number of urea groups is 1. The number of carbonyl (C=O) groups is 1. The maximum absolute atomic E-state index is 13.7. The molecule has 0 aliphatic carbocycles. The number of para-hydroxylation sites is 3. The normalized spacial score (nSPS) is 13.7. The molecule has 2 amide bonds. The number of aromatic nitrogens is 2. The molecule has 0 spiro atoms. The highest BCUT2D eigenvalue weighted by atomic mass is 19.3. The predicted molar refractivity (Wildman–Crippen MR) is 110 cm³/mol. The molecule has 0 saturated carbocycles. The maximum atomic E-state index is 13.7. The summed E-state index contributed by atoms with van der Waals surface area (Å²) in [5.74, 6) is 0.741. The summed E-state index contributed by atoms with van der Waals surface area (Å²) >= 11 is 0. The van der Waals surface area contributed by atoms with Crippen LogP contribution in [0, 0.1) is 0 Å². The van der Waals surface area contributed by atoms with E-state index in [-0.39, 0.29) is 11.9 Å². The maximum Gasteiger partial charge on any atom is 0.320 e. The predicted octanol–water partition coefficient (Wildman–Crippen LogP) is 5.64. The van der Waals surface area contributed by atoms with Gasteiger partial charge in [-0.25, -0.2) is 9.78 Å². The topological polar surface area (TPSA) is 63.3 Å². The van der Waals surface area contributed by atoms with Crippen molar-refractivity contribution in [2.75, 3.05) is 7.05 Å². The van der Waals surface area contributed by atoms with Crippen LogP contribution in [0.4, 0.5) is 13.6 Å². The van der Waals surface area contributed by atoms with Gasteiger partial charge in [0.2, 0.25) is 0 Å². The Labute approximate surface area is 172 Å². The molecule has 4 aromatic rings. The number of amides is 2. The molecule has 156 valence electrons. The fraction of sp³-hybridized carbons (Fsp3) is 0.273. The summed E-state index contributed by atoms with van der Waals surface area (Å²) in [5.41, 5.74) is 1.53. The lowest BCUT2D eigenvalue weighted by atomic mass is 10.2. The van der Waals surface area contributed by atoms with Crippen LogP contribution < -0.4 is 5.32 Å². The number of hydrogen-bond acceptors (Lipinski definition) is 3. The lowest BCUT2D eigenvalue weighted by molar-refractivity contribution is 0.0697. The summed E-state index contributed by atoms with van der Waals surface area (Å²) in [6.07, 6.45) is 0. The zero-order valence-corrected chi connectivity index (χ0v) is 16.8. The van der Waals surface area contributed by atoms with Crippen molar-refractivity contribution >= 4 is 28.0 Å². The van der Waals surface area contributed by atoms with Gasteiger partial charge in [0, 0.05) is 12.4 Å². The third-order valence-corrected chi connectivity index (χ3v) is 5.30. The third kappa shape index (κ3) is 3.49. The average Bonchev–Trinajstić information content (AvgIpc) is 3.34. The Morgan fingerprint density at radius 1 is 1.13 bits per heavy atom. The number of benzene rings is 2. The molecule has 2 aromatic carbocycles. The van der Waals surface area contributed by atoms with E-state index in [0.717, 1.165) is 15.5 Å². The summed E-state index contributed by atoms with van der Waals surface area (Å²) in [5, 5.41) is 3.72. The van der Waals surface area contributed by atoms with Crippen LogP contribution in [0.5, 0.6) is 0 Å². The van der Waals surface area contributed by atoms with E-state index in [1.54, 1.807) is 38.2 Å². The van der Waals surface area contributed by atoms with Crippen molar-refractivity contribution in [3.05, 3.63) is 66.2 Å². The number of hydrogen-bond donors (Lipinski definition) is 1. The van der Waals surface area contributed by atoms with E-state index < -0.39 is 18.6 Å². The minimum absolute atomic E-state index is 0.101. The average molecular weight is 412 g/mol. The molecule has 0 fully saturated rings. The van der Waals surface area contributed by atoms with Crippen molar-refractivity contribution in [3.8, 4) is 0 Å². The summed E-state index contributed by atoms with van der Waals surface area (Å²) in [6.45, 7) is 0.715. The van der Waals surface area contributed by atoms with Crippen molar-refractivity contribution in [1.82, 2.24) is 19.8 Å². The number of nitrogens with one attached hydrogen (secondary N) is 1. The van der Waals surface area contributed by atoms with Gasteiger partial charge in [0.05, 0.1) is 23.1 Å². The van der Waals surface area contributed by atoms with Gasteiger partial charge in [0.25, 0.3) is 0 Å². The Kier molecular flexibility index (Phi) is 5.15. The van der Waals surface area contributed by atoms with Gasteiger partial charge in [-0.3, -0.25) is 4.57 Å². The molecular weight excluding hydrogens is 390 g/mol. The molecule has 6 nitrogen and oxygen atoms in total. The molecule has 0 unspecified atom stereocenters. The number of carbonyl (C=O) groups excluding carboxylic acids is 1. The van der Waals surface area contributed by atoms with Gasteiger partial charge < -0.3 is 14.6 Å². The van der Waals surface area contributed by atoms with Crippen LogP contribution in [0.15, 0.2) is 59.0 Å². The first-order valence-electron chi connectivity index (χ1n) is 9.63. The third-order valence-electron chi connectivity index (χ3n) is 5.30. The fourth-order valence-corrected chi connectivity index (χ4v) is 3.50. The molecule has 8 heteroatoms. The van der Waals surface area contributed by atoms with E-state index >= 15 is 0 Å². The number of alkyl halides is 2. The fourth-order valence-electron chi connectivity index (χ4n) is 3.50. The molecular formula is C22H22F2N4O2. The number of fused-ring (bicyclic) bond motifs is 2. The van der Waals surface area contributed by atoms with Gasteiger partial charge in [-0.05, 0) is 38.1 Å². The molecule has 30 heavy (non-hydrogen) atoms. The lowest BCUT2D eigenvalue weighted by Gasteiger charge is -2.25. The van der Waals surface area contributed by atoms with Crippen LogP contribution in [0.3, 0.4) is 0 Å². The molecule has 1 N–H and O–H groups in total. The number of furan rings is 1. The van der Waals surface area contributed by atoms with Crippen molar-refractivity contribution in [2.45, 2.75) is 32.5 Å². The van der Waals surface area contributed by atoms with Gasteiger partial charge in [0.1, 0.15) is 17.2 Å². The molecule has 0 aliphatic rings. The quantitative estimate of drug-likeness (QED) is 0.461. The number of halogens is 2. The minimum atomic E-state index is -2.76. The van der Waals surface area contributed by atoms with Crippen LogP contribution in [-0.2, 0) is 0 Å². The SMILES string of the molecule is C[C@H](c1cc2ccccc2o1)N(C)C(=O)N[C@H](C)c1nc2ccccc2n1C(F)F. The van der Waals surface area contributed by atoms with Crippen LogP contribution >= 0.6 is 0 Å². The van der Waals surface area contributed by atoms with E-state index in [1.807, 2.05) is 37.3 Å². The largest absolute Gasteiger partial charge is 0.459 e. The van der Waals surface area contributed by atoms with Gasteiger partial charge in [-0.1, -0.05) is 30.3 Å². The van der Waals surface area contributed by atoms with E-state index in [1.165, 1.54) is 4.90 Å². The Hall–Kier alpha value is -3.42. The zero-order chi connectivity index (χ0) is 21.4. The van der Waals surface area contributed by atoms with Gasteiger partial charge >= 0.3 is 12.6 Å². The molecule has 2 heterocycles. The Bertz CT molecular complexity index is 1170. The van der Waals surface area contributed by atoms with Gasteiger partial charge in [0.15, 0.2) is 0 Å². The van der Waals surface area contributed by atoms with Crippen LogP contribution in [0.1, 0.15) is 44.1 Å². The first kappa shape index (κ1) is 19.9. The van der Waals surface area contributed by atoms with E-state index in [9.17, 15) is 13.6 Å². The standard InChI is InChI=1S/C22H22F2N4O2/c1-13(20-26-16-9-5-6-10-17(16)28(20)21(23)24)25-22(29)27(3)14(2)19-12-15-8-4-7-11-18(15)30-19/h4-14,21H,1-3H3,(H,25,29)/t13-,14-/m1/s1. The molecule has 0 radical (unpaired) electrons. The van der Waals surface area contributed by atoms with E-state index in [4.69, 9.17) is 4.42 Å². The summed E-state index contributed by atoms with van der Waals surface area (Å²) in [6, 6.07) is 14.7. The second kappa shape index (κ2) is 7.78. The first-order chi connectivity index (χ1) is 14.4. The monoisotopic (exact) mass is 412 g/mol. The highest BCUT2D eigenvalue weighted by molar-refractivity contribution is 5.79. The summed E-state index contributed by atoms with van der Waals surface area (Å²) in [7, 11) is 1.63. The first-order valence-corrected chi connectivity index (χ1v) is 9.63. The van der Waals surface area contributed by atoms with Crippen molar-refractivity contribution in [3.63, 3.8) is 0 Å². The molecule has 4 rings (SSSR count). The number of nitrogens with zero attached hydrogens (tertiary/aromatic N) is 3. The highest BCUT2D eigenvalue weighted by Crippen LogP contribution is 2.29. The van der Waals surface area contributed by atoms with E-state index in [0.29, 0.717) is 16.8 Å². The summed E-state index contributed by atoms with van der Waals surface area (Å²) in [4.78, 5) is 18.6. The van der Waals surface area contributed by atoms with Gasteiger partial charge in [-0.2, -0.15) is 8.78 Å². The number of rotatable bonds is 5. The molecule has 0 aliphatic heterocycles. The summed E-state index contributed by atoms with van der Waals surface area (Å²) < 4.78 is 34.1. The second-order valence-corrected chi connectivity index (χ2v) is 7.25. The van der Waals surface area contributed by atoms with E-state index in [2.05, 4.69) is 10.3 Å².